The molecule has 12 heteroatoms. The number of carbonyl (C=O) groups is 1. The number of nitrogens with zero attached hydrogens (tertiary/aromatic N) is 3. The Bertz CT molecular complexity index is 2290. The molecule has 1 aliphatic heterocycles. The van der Waals surface area contributed by atoms with E-state index in [0.29, 0.717) is 50.0 Å². The quantitative estimate of drug-likeness (QED) is 0.0966. The van der Waals surface area contributed by atoms with Gasteiger partial charge in [-0.25, -0.2) is 9.79 Å². The lowest BCUT2D eigenvalue weighted by Gasteiger charge is -2.26. The summed E-state index contributed by atoms with van der Waals surface area (Å²) >= 11 is 1.20. The fraction of sp³-hybridized carbons (Fsp3) is 0.216. The summed E-state index contributed by atoms with van der Waals surface area (Å²) in [6.45, 7) is 5.92. The predicted octanol–water partition coefficient (Wildman–Crippen LogP) is 5.85. The van der Waals surface area contributed by atoms with Crippen molar-refractivity contribution in [3.05, 3.63) is 137 Å². The Morgan fingerprint density at radius 2 is 1.76 bits per heavy atom. The van der Waals surface area contributed by atoms with Crippen LogP contribution in [0.5, 0.6) is 17.2 Å². The van der Waals surface area contributed by atoms with Crippen LogP contribution in [0.3, 0.4) is 0 Å². The van der Waals surface area contributed by atoms with Crippen molar-refractivity contribution in [2.24, 2.45) is 4.99 Å². The molecule has 0 N–H and O–H groups in total. The van der Waals surface area contributed by atoms with Crippen molar-refractivity contribution < 1.29 is 28.7 Å². The SMILES string of the molecule is CCOC(=O)C1=C(C)N=c2s/c(=C/c3c(OCc4ccc([N+](=O)[O-])cc4)ccc4ccccc34)c(=O)n2[C@H]1c1cccc(OC)c1OCC. The molecule has 5 aromatic rings. The first-order valence-corrected chi connectivity index (χ1v) is 16.4. The van der Waals surface area contributed by atoms with Crippen LogP contribution < -0.4 is 29.1 Å². The molecule has 0 spiro atoms. The van der Waals surface area contributed by atoms with Gasteiger partial charge in [-0.1, -0.05) is 53.8 Å². The molecule has 0 bridgehead atoms. The molecule has 0 amide bonds. The lowest BCUT2D eigenvalue weighted by Crippen LogP contribution is -2.40. The van der Waals surface area contributed by atoms with Gasteiger partial charge >= 0.3 is 5.97 Å². The van der Waals surface area contributed by atoms with E-state index in [4.69, 9.17) is 23.9 Å². The summed E-state index contributed by atoms with van der Waals surface area (Å²) in [6.07, 6.45) is 1.78. The van der Waals surface area contributed by atoms with Gasteiger partial charge < -0.3 is 18.9 Å². The standard InChI is InChI=1S/C37H33N3O8S/c1-5-46-34-27(12-9-13-30(34)45-4)33-32(36(42)47-6-2)22(3)38-37-39(33)35(41)31(49-37)20-28-26-11-8-7-10-24(26)16-19-29(28)48-21-23-14-17-25(18-15-23)40(43)44/h7-20,33H,5-6,21H2,1-4H3/b31-20+/t33-/m0/s1. The predicted molar refractivity (Wildman–Crippen MR) is 186 cm³/mol. The van der Waals surface area contributed by atoms with Gasteiger partial charge in [0.2, 0.25) is 0 Å². The third-order valence-corrected chi connectivity index (χ3v) is 9.06. The number of aromatic nitrogens is 1. The van der Waals surface area contributed by atoms with Gasteiger partial charge in [0.05, 0.1) is 41.0 Å². The number of allylic oxidation sites excluding steroid dienone is 1. The highest BCUT2D eigenvalue weighted by Crippen LogP contribution is 2.41. The van der Waals surface area contributed by atoms with Crippen molar-refractivity contribution in [2.75, 3.05) is 20.3 Å². The minimum Gasteiger partial charge on any atom is -0.493 e. The van der Waals surface area contributed by atoms with E-state index in [1.54, 1.807) is 44.2 Å². The molecule has 49 heavy (non-hydrogen) atoms. The van der Waals surface area contributed by atoms with Gasteiger partial charge in [-0.3, -0.25) is 19.5 Å². The Balaban J connectivity index is 1.53. The van der Waals surface area contributed by atoms with Crippen LogP contribution in [-0.2, 0) is 16.1 Å². The van der Waals surface area contributed by atoms with Gasteiger partial charge in [-0.05, 0) is 67.4 Å². The molecule has 0 saturated heterocycles. The summed E-state index contributed by atoms with van der Waals surface area (Å²) < 4.78 is 25.3. The highest BCUT2D eigenvalue weighted by Gasteiger charge is 2.36. The number of benzene rings is 4. The molecule has 0 radical (unpaired) electrons. The van der Waals surface area contributed by atoms with Crippen molar-refractivity contribution in [1.82, 2.24) is 4.57 Å². The third kappa shape index (κ3) is 6.42. The van der Waals surface area contributed by atoms with Crippen LogP contribution in [-0.4, -0.2) is 35.8 Å². The zero-order chi connectivity index (χ0) is 34.7. The van der Waals surface area contributed by atoms with Gasteiger partial charge in [0, 0.05) is 23.3 Å². The van der Waals surface area contributed by atoms with Crippen LogP contribution in [0.2, 0.25) is 0 Å². The van der Waals surface area contributed by atoms with Gasteiger partial charge in [0.1, 0.15) is 18.4 Å². The Hall–Kier alpha value is -5.75. The lowest BCUT2D eigenvalue weighted by molar-refractivity contribution is -0.384. The second-order valence-corrected chi connectivity index (χ2v) is 12.0. The number of hydrogen-bond acceptors (Lipinski definition) is 10. The van der Waals surface area contributed by atoms with Crippen molar-refractivity contribution >= 4 is 39.8 Å². The normalized spacial score (nSPS) is 14.3. The molecule has 0 fully saturated rings. The molecule has 6 rings (SSSR count). The smallest absolute Gasteiger partial charge is 0.338 e. The Morgan fingerprint density at radius 3 is 2.47 bits per heavy atom. The number of esters is 1. The summed E-state index contributed by atoms with van der Waals surface area (Å²) in [4.78, 5) is 43.8. The average molecular weight is 680 g/mol. The number of methoxy groups -OCH3 is 1. The zero-order valence-electron chi connectivity index (χ0n) is 27.3. The molecular weight excluding hydrogens is 646 g/mol. The van der Waals surface area contributed by atoms with E-state index in [9.17, 15) is 19.7 Å². The Morgan fingerprint density at radius 1 is 0.980 bits per heavy atom. The highest BCUT2D eigenvalue weighted by molar-refractivity contribution is 7.07. The molecule has 0 saturated carbocycles. The van der Waals surface area contributed by atoms with Crippen molar-refractivity contribution in [3.8, 4) is 17.2 Å². The largest absolute Gasteiger partial charge is 0.493 e. The topological polar surface area (TPSA) is 131 Å². The summed E-state index contributed by atoms with van der Waals surface area (Å²) in [5.74, 6) is 0.822. The maximum Gasteiger partial charge on any atom is 0.338 e. The molecule has 1 aliphatic rings. The van der Waals surface area contributed by atoms with Crippen LogP contribution in [0.4, 0.5) is 5.69 Å². The third-order valence-electron chi connectivity index (χ3n) is 8.08. The number of nitro groups is 1. The van der Waals surface area contributed by atoms with Gasteiger partial charge in [0.25, 0.3) is 11.2 Å². The lowest BCUT2D eigenvalue weighted by atomic mass is 9.94. The molecule has 4 aromatic carbocycles. The number of thiazole rings is 1. The van der Waals surface area contributed by atoms with E-state index in [1.165, 1.54) is 35.1 Å². The number of para-hydroxylation sites is 1. The molecule has 0 unspecified atom stereocenters. The second kappa shape index (κ2) is 14.2. The van der Waals surface area contributed by atoms with E-state index < -0.39 is 16.9 Å². The molecule has 0 aliphatic carbocycles. The van der Waals surface area contributed by atoms with Gasteiger partial charge in [0.15, 0.2) is 16.3 Å². The minimum absolute atomic E-state index is 0.00695. The molecule has 11 nitrogen and oxygen atoms in total. The number of non-ortho nitro benzene ring substituents is 1. The number of carbonyl (C=O) groups excluding carboxylic acids is 1. The van der Waals surface area contributed by atoms with E-state index in [2.05, 4.69) is 0 Å². The van der Waals surface area contributed by atoms with Crippen LogP contribution >= 0.6 is 11.3 Å². The fourth-order valence-corrected chi connectivity index (χ4v) is 6.88. The van der Waals surface area contributed by atoms with Crippen LogP contribution in [0.1, 0.15) is 43.5 Å². The first kappa shape index (κ1) is 33.2. The van der Waals surface area contributed by atoms with E-state index in [0.717, 1.165) is 16.3 Å². The fourth-order valence-electron chi connectivity index (χ4n) is 5.85. The summed E-state index contributed by atoms with van der Waals surface area (Å²) in [5, 5.41) is 12.9. The number of fused-ring (bicyclic) bond motifs is 2. The molecule has 1 atom stereocenters. The van der Waals surface area contributed by atoms with E-state index in [-0.39, 0.29) is 30.0 Å². The number of nitro benzene ring substituents is 1. The van der Waals surface area contributed by atoms with Crippen molar-refractivity contribution in [1.29, 1.82) is 0 Å². The van der Waals surface area contributed by atoms with Crippen LogP contribution in [0, 0.1) is 10.1 Å². The maximum absolute atomic E-state index is 14.5. The molecular formula is C37H33N3O8S. The monoisotopic (exact) mass is 679 g/mol. The Labute approximate surface area is 285 Å². The number of rotatable bonds is 11. The van der Waals surface area contributed by atoms with Crippen molar-refractivity contribution in [3.63, 3.8) is 0 Å². The second-order valence-electron chi connectivity index (χ2n) is 11.0. The van der Waals surface area contributed by atoms with E-state index in [1.807, 2.05) is 49.4 Å². The summed E-state index contributed by atoms with van der Waals surface area (Å²) in [6, 6.07) is 22.2. The number of hydrogen-bond donors (Lipinski definition) is 0. The number of ether oxygens (including phenoxy) is 4. The maximum atomic E-state index is 14.5. The van der Waals surface area contributed by atoms with Crippen LogP contribution in [0.25, 0.3) is 16.8 Å². The van der Waals surface area contributed by atoms with Gasteiger partial charge in [-0.2, -0.15) is 0 Å². The first-order chi connectivity index (χ1) is 23.7. The Kier molecular flexibility index (Phi) is 9.58. The molecule has 2 heterocycles. The minimum atomic E-state index is -0.903. The molecule has 1 aromatic heterocycles. The average Bonchev–Trinajstić information content (AvgIpc) is 3.41. The summed E-state index contributed by atoms with van der Waals surface area (Å²) in [5.41, 5.74) is 2.28. The van der Waals surface area contributed by atoms with Crippen LogP contribution in [0.15, 0.2) is 99.9 Å². The zero-order valence-corrected chi connectivity index (χ0v) is 28.1. The van der Waals surface area contributed by atoms with E-state index >= 15 is 0 Å². The summed E-state index contributed by atoms with van der Waals surface area (Å²) in [7, 11) is 1.53. The first-order valence-electron chi connectivity index (χ1n) is 15.6. The molecule has 250 valence electrons. The highest BCUT2D eigenvalue weighted by atomic mass is 32.1. The van der Waals surface area contributed by atoms with Gasteiger partial charge in [-0.15, -0.1) is 0 Å². The van der Waals surface area contributed by atoms with Crippen molar-refractivity contribution in [2.45, 2.75) is 33.4 Å².